The molecule has 3 amide bonds. The highest BCUT2D eigenvalue weighted by molar-refractivity contribution is 5.94. The van der Waals surface area contributed by atoms with E-state index in [4.69, 9.17) is 9.47 Å². The number of fused-ring (bicyclic) bond motifs is 1. The van der Waals surface area contributed by atoms with E-state index in [1.54, 1.807) is 0 Å². The second kappa shape index (κ2) is 9.08. The number of carbonyl (C=O) groups is 2. The van der Waals surface area contributed by atoms with Crippen LogP contribution >= 0.6 is 0 Å². The van der Waals surface area contributed by atoms with Gasteiger partial charge in [-0.15, -0.1) is 0 Å². The van der Waals surface area contributed by atoms with Gasteiger partial charge < -0.3 is 19.7 Å². The summed E-state index contributed by atoms with van der Waals surface area (Å²) in [4.78, 5) is 25.2. The SMILES string of the molecule is CC(C)CNC(=O)NC(=O)C[NH+]1CCC[C@H]1c1ccc2c(c1)OCCCO2. The lowest BCUT2D eigenvalue weighted by atomic mass is 10.0. The summed E-state index contributed by atoms with van der Waals surface area (Å²) in [5.41, 5.74) is 1.16. The molecule has 2 aliphatic rings. The molecule has 0 aliphatic carbocycles. The zero-order chi connectivity index (χ0) is 19.2. The molecule has 27 heavy (non-hydrogen) atoms. The minimum atomic E-state index is -0.417. The number of carbonyl (C=O) groups excluding carboxylic acids is 2. The lowest BCUT2D eigenvalue weighted by Gasteiger charge is -2.22. The Morgan fingerprint density at radius 3 is 2.74 bits per heavy atom. The average molecular weight is 376 g/mol. The third kappa shape index (κ3) is 5.35. The second-order valence-electron chi connectivity index (χ2n) is 7.69. The van der Waals surface area contributed by atoms with E-state index >= 15 is 0 Å². The van der Waals surface area contributed by atoms with E-state index in [0.29, 0.717) is 25.7 Å². The molecule has 7 nitrogen and oxygen atoms in total. The van der Waals surface area contributed by atoms with Gasteiger partial charge in [0.05, 0.1) is 19.8 Å². The van der Waals surface area contributed by atoms with E-state index in [2.05, 4.69) is 16.7 Å². The van der Waals surface area contributed by atoms with E-state index in [-0.39, 0.29) is 18.5 Å². The summed E-state index contributed by atoms with van der Waals surface area (Å²) in [5, 5.41) is 5.15. The number of rotatable bonds is 5. The molecule has 1 saturated heterocycles. The maximum Gasteiger partial charge on any atom is 0.321 e. The third-order valence-electron chi connectivity index (χ3n) is 4.97. The molecule has 3 N–H and O–H groups in total. The summed E-state index contributed by atoms with van der Waals surface area (Å²) in [6.45, 7) is 7.11. The van der Waals surface area contributed by atoms with Crippen molar-refractivity contribution in [2.24, 2.45) is 5.92 Å². The molecule has 0 spiro atoms. The Balaban J connectivity index is 1.59. The van der Waals surface area contributed by atoms with Gasteiger partial charge in [-0.05, 0) is 24.1 Å². The van der Waals surface area contributed by atoms with Gasteiger partial charge in [0, 0.05) is 31.4 Å². The van der Waals surface area contributed by atoms with Crippen LogP contribution in [0.2, 0.25) is 0 Å². The highest BCUT2D eigenvalue weighted by Crippen LogP contribution is 2.33. The molecule has 2 aliphatic heterocycles. The summed E-state index contributed by atoms with van der Waals surface area (Å²) in [7, 11) is 0. The highest BCUT2D eigenvalue weighted by Gasteiger charge is 2.32. The van der Waals surface area contributed by atoms with Gasteiger partial charge in [0.2, 0.25) is 0 Å². The molecule has 1 aromatic rings. The quantitative estimate of drug-likeness (QED) is 0.718. The Hall–Kier alpha value is -2.28. The highest BCUT2D eigenvalue weighted by atomic mass is 16.5. The molecule has 1 fully saturated rings. The van der Waals surface area contributed by atoms with Crippen molar-refractivity contribution in [3.63, 3.8) is 0 Å². The van der Waals surface area contributed by atoms with Gasteiger partial charge >= 0.3 is 6.03 Å². The van der Waals surface area contributed by atoms with Crippen LogP contribution in [0, 0.1) is 5.92 Å². The molecule has 0 saturated carbocycles. The summed E-state index contributed by atoms with van der Waals surface area (Å²) in [6, 6.07) is 5.89. The maximum atomic E-state index is 12.3. The first-order chi connectivity index (χ1) is 13.0. The van der Waals surface area contributed by atoms with E-state index in [9.17, 15) is 9.59 Å². The Kier molecular flexibility index (Phi) is 6.55. The van der Waals surface area contributed by atoms with Crippen LogP contribution < -0.4 is 25.0 Å². The summed E-state index contributed by atoms with van der Waals surface area (Å²) < 4.78 is 11.5. The maximum absolute atomic E-state index is 12.3. The predicted octanol–water partition coefficient (Wildman–Crippen LogP) is 1.05. The number of hydrogen-bond acceptors (Lipinski definition) is 4. The number of quaternary nitrogens is 1. The van der Waals surface area contributed by atoms with Crippen molar-refractivity contribution in [1.82, 2.24) is 10.6 Å². The van der Waals surface area contributed by atoms with Gasteiger partial charge in [0.1, 0.15) is 6.04 Å². The number of amides is 3. The molecule has 3 rings (SSSR count). The molecule has 0 bridgehead atoms. The third-order valence-corrected chi connectivity index (χ3v) is 4.97. The number of ether oxygens (including phenoxy) is 2. The Labute approximate surface area is 160 Å². The van der Waals surface area contributed by atoms with E-state index in [0.717, 1.165) is 42.9 Å². The first-order valence-electron chi connectivity index (χ1n) is 9.84. The molecular weight excluding hydrogens is 346 g/mol. The smallest absolute Gasteiger partial charge is 0.321 e. The summed E-state index contributed by atoms with van der Waals surface area (Å²) in [5.74, 6) is 1.68. The zero-order valence-electron chi connectivity index (χ0n) is 16.2. The molecule has 2 atom stereocenters. The number of nitrogens with one attached hydrogen (secondary N) is 3. The fourth-order valence-electron chi connectivity index (χ4n) is 3.64. The van der Waals surface area contributed by atoms with E-state index in [1.807, 2.05) is 26.0 Å². The van der Waals surface area contributed by atoms with Crippen LogP contribution in [0.25, 0.3) is 0 Å². The molecule has 0 radical (unpaired) electrons. The van der Waals surface area contributed by atoms with Crippen LogP contribution in [0.3, 0.4) is 0 Å². The lowest BCUT2D eigenvalue weighted by Crippen LogP contribution is -3.11. The fourth-order valence-corrected chi connectivity index (χ4v) is 3.64. The Morgan fingerprint density at radius 1 is 1.19 bits per heavy atom. The molecule has 7 heteroatoms. The van der Waals surface area contributed by atoms with Crippen LogP contribution in [0.5, 0.6) is 11.5 Å². The Bertz CT molecular complexity index is 677. The Morgan fingerprint density at radius 2 is 1.96 bits per heavy atom. The molecular formula is C20H30N3O4+. The van der Waals surface area contributed by atoms with Gasteiger partial charge in [-0.3, -0.25) is 10.1 Å². The lowest BCUT2D eigenvalue weighted by molar-refractivity contribution is -0.910. The second-order valence-corrected chi connectivity index (χ2v) is 7.69. The number of imide groups is 1. The van der Waals surface area contributed by atoms with Gasteiger partial charge in [-0.2, -0.15) is 0 Å². The van der Waals surface area contributed by atoms with Crippen molar-refractivity contribution in [3.05, 3.63) is 23.8 Å². The number of likely N-dealkylation sites (tertiary alicyclic amines) is 1. The molecule has 148 valence electrons. The minimum Gasteiger partial charge on any atom is -0.490 e. The van der Waals surface area contributed by atoms with Gasteiger partial charge in [-0.25, -0.2) is 4.79 Å². The van der Waals surface area contributed by atoms with Crippen LogP contribution in [-0.4, -0.2) is 44.8 Å². The topological polar surface area (TPSA) is 81.1 Å². The summed E-state index contributed by atoms with van der Waals surface area (Å²) >= 11 is 0. The van der Waals surface area contributed by atoms with E-state index in [1.165, 1.54) is 4.90 Å². The first kappa shape index (κ1) is 19.5. The normalized spacial score (nSPS) is 21.6. The van der Waals surface area contributed by atoms with Gasteiger partial charge in [0.25, 0.3) is 5.91 Å². The van der Waals surface area contributed by atoms with Crippen molar-refractivity contribution in [1.29, 1.82) is 0 Å². The van der Waals surface area contributed by atoms with Crippen molar-refractivity contribution in [2.45, 2.75) is 39.2 Å². The zero-order valence-corrected chi connectivity index (χ0v) is 16.2. The largest absolute Gasteiger partial charge is 0.490 e. The fraction of sp³-hybridized carbons (Fsp3) is 0.600. The summed E-state index contributed by atoms with van der Waals surface area (Å²) in [6.07, 6.45) is 2.95. The van der Waals surface area contributed by atoms with E-state index < -0.39 is 6.03 Å². The van der Waals surface area contributed by atoms with Crippen molar-refractivity contribution in [2.75, 3.05) is 32.8 Å². The van der Waals surface area contributed by atoms with Crippen LogP contribution in [0.15, 0.2) is 18.2 Å². The van der Waals surface area contributed by atoms with Crippen LogP contribution in [0.1, 0.15) is 44.7 Å². The molecule has 0 aromatic heterocycles. The molecule has 1 unspecified atom stereocenters. The van der Waals surface area contributed by atoms with Gasteiger partial charge in [0.15, 0.2) is 18.0 Å². The van der Waals surface area contributed by atoms with Crippen molar-refractivity contribution < 1.29 is 24.0 Å². The molecule has 1 aromatic carbocycles. The standard InChI is InChI=1S/C20H29N3O4/c1-14(2)12-21-20(25)22-19(24)13-23-8-3-5-16(23)15-6-7-17-18(11-15)27-10-4-9-26-17/h6-7,11,14,16H,3-5,8-10,12-13H2,1-2H3,(H2,21,22,24,25)/p+1/t16-/m0/s1. The van der Waals surface area contributed by atoms with Crippen molar-refractivity contribution in [3.8, 4) is 11.5 Å². The van der Waals surface area contributed by atoms with Crippen LogP contribution in [0.4, 0.5) is 4.79 Å². The number of benzene rings is 1. The first-order valence-corrected chi connectivity index (χ1v) is 9.84. The number of urea groups is 1. The van der Waals surface area contributed by atoms with Crippen LogP contribution in [-0.2, 0) is 4.79 Å². The minimum absolute atomic E-state index is 0.228. The van der Waals surface area contributed by atoms with Crippen molar-refractivity contribution >= 4 is 11.9 Å². The number of hydrogen-bond donors (Lipinski definition) is 3. The van der Waals surface area contributed by atoms with Gasteiger partial charge in [-0.1, -0.05) is 13.8 Å². The monoisotopic (exact) mass is 376 g/mol. The average Bonchev–Trinajstić information content (AvgIpc) is 2.95. The molecule has 2 heterocycles. The predicted molar refractivity (Wildman–Crippen MR) is 101 cm³/mol.